The molecule has 0 radical (unpaired) electrons. The number of carbonyl (C=O) groups is 1. The lowest BCUT2D eigenvalue weighted by atomic mass is 10.1. The topological polar surface area (TPSA) is 97.4 Å². The van der Waals surface area contributed by atoms with Gasteiger partial charge in [0.2, 0.25) is 10.0 Å². The van der Waals surface area contributed by atoms with Crippen LogP contribution in [0.1, 0.15) is 16.1 Å². The molecule has 0 saturated heterocycles. The molecule has 7 nitrogen and oxygen atoms in total. The van der Waals surface area contributed by atoms with E-state index in [9.17, 15) is 13.2 Å². The second-order valence-corrected chi connectivity index (χ2v) is 9.47. The predicted octanol–water partition coefficient (Wildman–Crippen LogP) is 3.04. The number of halogens is 1. The van der Waals surface area contributed by atoms with Crippen LogP contribution in [0.25, 0.3) is 16.9 Å². The van der Waals surface area contributed by atoms with Gasteiger partial charge in [-0.3, -0.25) is 4.79 Å². The number of nitrogens with two attached hydrogens (primary N) is 1. The van der Waals surface area contributed by atoms with Crippen molar-refractivity contribution in [3.63, 3.8) is 0 Å². The zero-order valence-corrected chi connectivity index (χ0v) is 19.2. The van der Waals surface area contributed by atoms with Gasteiger partial charge in [-0.15, -0.1) is 0 Å². The van der Waals surface area contributed by atoms with Gasteiger partial charge in [0, 0.05) is 29.5 Å². The molecule has 31 heavy (non-hydrogen) atoms. The van der Waals surface area contributed by atoms with Crippen molar-refractivity contribution < 1.29 is 13.2 Å². The minimum atomic E-state index is -3.80. The van der Waals surface area contributed by atoms with E-state index in [1.807, 2.05) is 48.7 Å². The van der Waals surface area contributed by atoms with Crippen molar-refractivity contribution in [3.8, 4) is 16.9 Å². The summed E-state index contributed by atoms with van der Waals surface area (Å²) in [4.78, 5) is 14.9. The van der Waals surface area contributed by atoms with E-state index in [1.165, 1.54) is 12.1 Å². The number of primary sulfonamides is 1. The summed E-state index contributed by atoms with van der Waals surface area (Å²) >= 11 is 6.04. The van der Waals surface area contributed by atoms with Gasteiger partial charge in [-0.25, -0.2) is 13.6 Å². The third-order valence-corrected chi connectivity index (χ3v) is 6.08. The maximum absolute atomic E-state index is 12.9. The molecule has 0 aliphatic rings. The second kappa shape index (κ2) is 9.23. The molecular formula is C22H25ClN4O3S. The molecule has 3 N–H and O–H groups in total. The first-order valence-corrected chi connectivity index (χ1v) is 11.5. The summed E-state index contributed by atoms with van der Waals surface area (Å²) in [5, 5.41) is 8.77. The van der Waals surface area contributed by atoms with Crippen LogP contribution in [0.3, 0.4) is 0 Å². The average Bonchev–Trinajstić information content (AvgIpc) is 3.05. The van der Waals surface area contributed by atoms with Gasteiger partial charge in [0.1, 0.15) is 0 Å². The molecule has 0 aliphatic carbocycles. The van der Waals surface area contributed by atoms with Gasteiger partial charge in [0.25, 0.3) is 5.91 Å². The molecule has 1 aromatic heterocycles. The Hall–Kier alpha value is -2.65. The summed E-state index contributed by atoms with van der Waals surface area (Å²) in [6.07, 6.45) is 0. The van der Waals surface area contributed by atoms with Crippen molar-refractivity contribution in [2.45, 2.75) is 11.8 Å². The van der Waals surface area contributed by atoms with Crippen LogP contribution in [-0.2, 0) is 10.0 Å². The molecule has 3 aromatic rings. The van der Waals surface area contributed by atoms with E-state index in [4.69, 9.17) is 16.7 Å². The SMILES string of the molecule is Cc1c(C(=O)NCCN(C)C)cc(-c2ccc(Cl)cc2)n1-c1ccc(S(N)(=O)=O)cc1. The summed E-state index contributed by atoms with van der Waals surface area (Å²) in [5.41, 5.74) is 3.64. The fraction of sp³-hybridized carbons (Fsp3) is 0.227. The number of nitrogens with one attached hydrogen (secondary N) is 1. The number of amides is 1. The van der Waals surface area contributed by atoms with E-state index in [0.29, 0.717) is 22.8 Å². The van der Waals surface area contributed by atoms with Crippen molar-refractivity contribution in [1.29, 1.82) is 0 Å². The van der Waals surface area contributed by atoms with Crippen molar-refractivity contribution >= 4 is 27.5 Å². The highest BCUT2D eigenvalue weighted by Crippen LogP contribution is 2.30. The largest absolute Gasteiger partial charge is 0.351 e. The Kier molecular flexibility index (Phi) is 6.86. The van der Waals surface area contributed by atoms with Crippen molar-refractivity contribution in [1.82, 2.24) is 14.8 Å². The predicted molar refractivity (Wildman–Crippen MR) is 123 cm³/mol. The zero-order chi connectivity index (χ0) is 22.8. The Labute approximate surface area is 187 Å². The minimum absolute atomic E-state index is 0.0238. The Balaban J connectivity index is 2.08. The molecule has 0 saturated carbocycles. The fourth-order valence-electron chi connectivity index (χ4n) is 3.28. The standard InChI is InChI=1S/C22H25ClN4O3S/c1-15-20(22(28)25-12-13-26(2)3)14-21(16-4-6-17(23)7-5-16)27(15)18-8-10-19(11-9-18)31(24,29)30/h4-11,14H,12-13H2,1-3H3,(H,25,28)(H2,24,29,30). The first-order valence-electron chi connectivity index (χ1n) is 9.62. The lowest BCUT2D eigenvalue weighted by Crippen LogP contribution is -2.31. The third-order valence-electron chi connectivity index (χ3n) is 4.90. The number of likely N-dealkylation sites (N-methyl/N-ethyl adjacent to an activating group) is 1. The molecule has 9 heteroatoms. The van der Waals surface area contributed by atoms with Gasteiger partial charge >= 0.3 is 0 Å². The summed E-state index contributed by atoms with van der Waals surface area (Å²) in [6.45, 7) is 3.11. The van der Waals surface area contributed by atoms with Gasteiger partial charge < -0.3 is 14.8 Å². The Morgan fingerprint density at radius 2 is 1.71 bits per heavy atom. The smallest absolute Gasteiger partial charge is 0.253 e. The van der Waals surface area contributed by atoms with Crippen LogP contribution in [0.15, 0.2) is 59.5 Å². The van der Waals surface area contributed by atoms with E-state index >= 15 is 0 Å². The van der Waals surface area contributed by atoms with Crippen LogP contribution in [0.4, 0.5) is 0 Å². The monoisotopic (exact) mass is 460 g/mol. The van der Waals surface area contributed by atoms with E-state index < -0.39 is 10.0 Å². The number of rotatable bonds is 7. The van der Waals surface area contributed by atoms with Crippen LogP contribution in [0, 0.1) is 6.92 Å². The summed E-state index contributed by atoms with van der Waals surface area (Å²) in [6, 6.07) is 15.4. The van der Waals surface area contributed by atoms with Crippen LogP contribution >= 0.6 is 11.6 Å². The normalized spacial score (nSPS) is 11.7. The van der Waals surface area contributed by atoms with Crippen LogP contribution < -0.4 is 10.5 Å². The molecule has 0 atom stereocenters. The number of hydrogen-bond donors (Lipinski definition) is 2. The average molecular weight is 461 g/mol. The van der Waals surface area contributed by atoms with E-state index in [1.54, 1.807) is 24.3 Å². The van der Waals surface area contributed by atoms with Crippen LogP contribution in [-0.4, -0.2) is 51.0 Å². The first-order chi connectivity index (χ1) is 14.6. The number of sulfonamides is 1. The highest BCUT2D eigenvalue weighted by molar-refractivity contribution is 7.89. The Morgan fingerprint density at radius 1 is 1.10 bits per heavy atom. The molecule has 0 bridgehead atoms. The quantitative estimate of drug-likeness (QED) is 0.566. The maximum atomic E-state index is 12.9. The summed E-state index contributed by atoms with van der Waals surface area (Å²) in [5.74, 6) is -0.172. The molecule has 1 heterocycles. The maximum Gasteiger partial charge on any atom is 0.253 e. The Bertz CT molecular complexity index is 1180. The number of aromatic nitrogens is 1. The van der Waals surface area contributed by atoms with E-state index in [0.717, 1.165) is 23.5 Å². The molecule has 2 aromatic carbocycles. The number of hydrogen-bond acceptors (Lipinski definition) is 4. The molecule has 164 valence electrons. The van der Waals surface area contributed by atoms with Crippen LogP contribution in [0.2, 0.25) is 5.02 Å². The number of benzene rings is 2. The fourth-order valence-corrected chi connectivity index (χ4v) is 3.92. The van der Waals surface area contributed by atoms with Gasteiger partial charge in [0.05, 0.1) is 16.2 Å². The second-order valence-electron chi connectivity index (χ2n) is 7.47. The molecule has 3 rings (SSSR count). The molecule has 1 amide bonds. The van der Waals surface area contributed by atoms with E-state index in [2.05, 4.69) is 5.32 Å². The molecule has 0 aliphatic heterocycles. The van der Waals surface area contributed by atoms with Crippen LogP contribution in [0.5, 0.6) is 0 Å². The van der Waals surface area contributed by atoms with Gasteiger partial charge in [-0.1, -0.05) is 23.7 Å². The lowest BCUT2D eigenvalue weighted by Gasteiger charge is -2.13. The highest BCUT2D eigenvalue weighted by Gasteiger charge is 2.20. The number of nitrogens with zero attached hydrogens (tertiary/aromatic N) is 2. The molecule has 0 spiro atoms. The van der Waals surface area contributed by atoms with Gasteiger partial charge in [0.15, 0.2) is 0 Å². The Morgan fingerprint density at radius 3 is 2.26 bits per heavy atom. The minimum Gasteiger partial charge on any atom is -0.351 e. The van der Waals surface area contributed by atoms with Crippen molar-refractivity contribution in [2.75, 3.05) is 27.2 Å². The zero-order valence-electron chi connectivity index (χ0n) is 17.6. The summed E-state index contributed by atoms with van der Waals surface area (Å²) < 4.78 is 25.1. The van der Waals surface area contributed by atoms with Crippen molar-refractivity contribution in [2.24, 2.45) is 5.14 Å². The van der Waals surface area contributed by atoms with Gasteiger partial charge in [-0.2, -0.15) is 0 Å². The lowest BCUT2D eigenvalue weighted by molar-refractivity contribution is 0.0950. The van der Waals surface area contributed by atoms with Gasteiger partial charge in [-0.05, 0) is 69.0 Å². The molecule has 0 fully saturated rings. The molecular weight excluding hydrogens is 436 g/mol. The van der Waals surface area contributed by atoms with E-state index in [-0.39, 0.29) is 10.8 Å². The summed E-state index contributed by atoms with van der Waals surface area (Å²) in [7, 11) is 0.0878. The third kappa shape index (κ3) is 5.34. The van der Waals surface area contributed by atoms with Crippen molar-refractivity contribution in [3.05, 3.63) is 70.9 Å². The number of carbonyl (C=O) groups excluding carboxylic acids is 1. The highest BCUT2D eigenvalue weighted by atomic mass is 35.5. The molecule has 0 unspecified atom stereocenters. The first kappa shape index (κ1) is 23.0.